The van der Waals surface area contributed by atoms with E-state index in [1.165, 1.54) is 19.3 Å². The molecule has 2 N–H and O–H groups in total. The lowest BCUT2D eigenvalue weighted by atomic mass is 10.1. The van der Waals surface area contributed by atoms with E-state index in [1.807, 2.05) is 30.7 Å². The lowest BCUT2D eigenvalue weighted by molar-refractivity contribution is 0.415. The fraction of sp³-hybridized carbons (Fsp3) is 0.350. The zero-order chi connectivity index (χ0) is 18.6. The molecule has 148 valence electrons. The molecule has 2 aromatic heterocycles. The maximum absolute atomic E-state index is 5.30. The number of anilines is 1. The first-order valence-electron chi connectivity index (χ1n) is 9.06. The molecule has 0 radical (unpaired) electrons. The van der Waals surface area contributed by atoms with Crippen LogP contribution in [0.2, 0.25) is 0 Å². The van der Waals surface area contributed by atoms with Gasteiger partial charge in [-0.2, -0.15) is 0 Å². The van der Waals surface area contributed by atoms with Crippen LogP contribution in [0.15, 0.2) is 41.7 Å². The van der Waals surface area contributed by atoms with Crippen molar-refractivity contribution in [3.8, 4) is 27.6 Å². The molecule has 4 rings (SSSR count). The summed E-state index contributed by atoms with van der Waals surface area (Å²) >= 11 is 3.28. The average molecular weight is 417 g/mol. The molecule has 0 spiro atoms. The molecule has 1 aromatic carbocycles. The van der Waals surface area contributed by atoms with Crippen LogP contribution in [0, 0.1) is 0 Å². The first kappa shape index (κ1) is 20.6. The largest absolute Gasteiger partial charge is 0.497 e. The van der Waals surface area contributed by atoms with Gasteiger partial charge in [0, 0.05) is 24.8 Å². The minimum absolute atomic E-state index is 0. The number of aromatic nitrogens is 3. The Bertz CT molecular complexity index is 909. The second-order valence-electron chi connectivity index (χ2n) is 6.38. The van der Waals surface area contributed by atoms with Gasteiger partial charge in [-0.25, -0.2) is 15.0 Å². The summed E-state index contributed by atoms with van der Waals surface area (Å²) in [6.45, 7) is 2.16. The smallest absolute Gasteiger partial charge is 0.187 e. The van der Waals surface area contributed by atoms with Gasteiger partial charge in [-0.3, -0.25) is 0 Å². The Morgan fingerprint density at radius 2 is 1.79 bits per heavy atom. The molecule has 8 heteroatoms. The van der Waals surface area contributed by atoms with Crippen LogP contribution >= 0.6 is 23.1 Å². The Morgan fingerprint density at radius 3 is 2.46 bits per heavy atom. The predicted octanol–water partition coefficient (Wildman–Crippen LogP) is 4.16. The second kappa shape index (κ2) is 9.36. The van der Waals surface area contributed by atoms with Gasteiger partial charge in [-0.15, -0.1) is 0 Å². The molecule has 0 atom stereocenters. The van der Waals surface area contributed by atoms with Crippen molar-refractivity contribution in [1.82, 2.24) is 15.0 Å². The summed E-state index contributed by atoms with van der Waals surface area (Å²) in [7, 11) is 1.68. The van der Waals surface area contributed by atoms with E-state index in [2.05, 4.69) is 22.0 Å². The zero-order valence-corrected chi connectivity index (χ0v) is 17.6. The summed E-state index contributed by atoms with van der Waals surface area (Å²) in [5.41, 5.74) is 2.99. The highest BCUT2D eigenvalue weighted by atomic mass is 32.2. The lowest BCUT2D eigenvalue weighted by Gasteiger charge is -2.25. The highest BCUT2D eigenvalue weighted by Crippen LogP contribution is 2.40. The number of rotatable bonds is 5. The van der Waals surface area contributed by atoms with Crippen LogP contribution in [-0.2, 0) is 0 Å². The Labute approximate surface area is 173 Å². The van der Waals surface area contributed by atoms with Gasteiger partial charge in [0.1, 0.15) is 5.75 Å². The summed E-state index contributed by atoms with van der Waals surface area (Å²) in [6.07, 6.45) is 7.60. The fourth-order valence-electron chi connectivity index (χ4n) is 3.21. The maximum atomic E-state index is 5.30. The van der Waals surface area contributed by atoms with Crippen LogP contribution < -0.4 is 9.64 Å². The van der Waals surface area contributed by atoms with Gasteiger partial charge in [-0.1, -0.05) is 23.1 Å². The van der Waals surface area contributed by atoms with Crippen molar-refractivity contribution >= 4 is 28.2 Å². The number of hydrogen-bond donors (Lipinski definition) is 0. The van der Waals surface area contributed by atoms with E-state index in [4.69, 9.17) is 14.7 Å². The number of piperidine rings is 1. The zero-order valence-electron chi connectivity index (χ0n) is 16.0. The summed E-state index contributed by atoms with van der Waals surface area (Å²) in [6, 6.07) is 10.1. The topological polar surface area (TPSA) is 82.6 Å². The second-order valence-corrected chi connectivity index (χ2v) is 8.13. The van der Waals surface area contributed by atoms with Crippen LogP contribution in [-0.4, -0.2) is 46.9 Å². The van der Waals surface area contributed by atoms with E-state index in [1.54, 1.807) is 30.2 Å². The molecule has 0 amide bonds. The Kier molecular flexibility index (Phi) is 6.88. The molecule has 0 unspecified atom stereocenters. The number of benzene rings is 1. The number of methoxy groups -OCH3 is 1. The van der Waals surface area contributed by atoms with Crippen molar-refractivity contribution in [2.24, 2.45) is 0 Å². The maximum Gasteiger partial charge on any atom is 0.187 e. The monoisotopic (exact) mass is 416 g/mol. The average Bonchev–Trinajstić information content (AvgIpc) is 3.20. The minimum Gasteiger partial charge on any atom is -0.497 e. The van der Waals surface area contributed by atoms with Gasteiger partial charge in [-0.05, 0) is 55.9 Å². The third-order valence-corrected chi connectivity index (χ3v) is 6.36. The molecule has 1 saturated heterocycles. The molecule has 6 nitrogen and oxygen atoms in total. The van der Waals surface area contributed by atoms with Crippen LogP contribution in [0.25, 0.3) is 21.8 Å². The fourth-order valence-corrected chi connectivity index (χ4v) is 4.68. The van der Waals surface area contributed by atoms with Crippen molar-refractivity contribution in [1.29, 1.82) is 0 Å². The van der Waals surface area contributed by atoms with E-state index in [9.17, 15) is 0 Å². The third-order valence-electron chi connectivity index (χ3n) is 4.65. The SMILES string of the molecule is COc1ccc(-c2nc(N3CCCCC3)sc2-c2ccnc(SC)n2)cc1.O. The number of hydrogen-bond acceptors (Lipinski definition) is 7. The molecule has 0 aliphatic carbocycles. The quantitative estimate of drug-likeness (QED) is 0.459. The first-order valence-corrected chi connectivity index (χ1v) is 11.1. The standard InChI is InChI=1S/C20H22N4OS2.H2O/c1-25-15-8-6-14(7-9-15)17-18(16-10-11-21-19(22-16)26-2)27-20(23-17)24-12-4-3-5-13-24;/h6-11H,3-5,12-13H2,1-2H3;1H2. The molecular formula is C20H24N4O2S2. The number of nitrogens with zero attached hydrogens (tertiary/aromatic N) is 4. The normalized spacial score (nSPS) is 13.9. The molecule has 1 aliphatic rings. The Morgan fingerprint density at radius 1 is 1.04 bits per heavy atom. The van der Waals surface area contributed by atoms with Crippen molar-refractivity contribution in [2.75, 3.05) is 31.4 Å². The summed E-state index contributed by atoms with van der Waals surface area (Å²) in [4.78, 5) is 17.6. The number of thioether (sulfide) groups is 1. The van der Waals surface area contributed by atoms with Crippen molar-refractivity contribution in [2.45, 2.75) is 24.4 Å². The van der Waals surface area contributed by atoms with Gasteiger partial charge in [0.25, 0.3) is 0 Å². The van der Waals surface area contributed by atoms with E-state index < -0.39 is 0 Å². The summed E-state index contributed by atoms with van der Waals surface area (Å²) in [5, 5.41) is 1.86. The predicted molar refractivity (Wildman–Crippen MR) is 117 cm³/mol. The van der Waals surface area contributed by atoms with E-state index in [0.717, 1.165) is 51.0 Å². The van der Waals surface area contributed by atoms with Gasteiger partial charge in [0.2, 0.25) is 0 Å². The third kappa shape index (κ3) is 4.29. The van der Waals surface area contributed by atoms with Crippen LogP contribution in [0.3, 0.4) is 0 Å². The minimum atomic E-state index is 0. The van der Waals surface area contributed by atoms with Crippen molar-refractivity contribution in [3.63, 3.8) is 0 Å². The van der Waals surface area contributed by atoms with Gasteiger partial charge in [0.15, 0.2) is 10.3 Å². The van der Waals surface area contributed by atoms with E-state index >= 15 is 0 Å². The van der Waals surface area contributed by atoms with E-state index in [-0.39, 0.29) is 5.48 Å². The molecule has 28 heavy (non-hydrogen) atoms. The molecule has 1 fully saturated rings. The first-order chi connectivity index (χ1) is 13.3. The van der Waals surface area contributed by atoms with Gasteiger partial charge < -0.3 is 15.1 Å². The molecule has 0 bridgehead atoms. The molecule has 0 saturated carbocycles. The van der Waals surface area contributed by atoms with Gasteiger partial charge in [0.05, 0.1) is 23.4 Å². The lowest BCUT2D eigenvalue weighted by Crippen LogP contribution is -2.29. The molecular weight excluding hydrogens is 392 g/mol. The van der Waals surface area contributed by atoms with E-state index in [0.29, 0.717) is 0 Å². The summed E-state index contributed by atoms with van der Waals surface area (Å²) in [5.74, 6) is 0.846. The van der Waals surface area contributed by atoms with Crippen molar-refractivity contribution in [3.05, 3.63) is 36.5 Å². The Balaban J connectivity index is 0.00000225. The van der Waals surface area contributed by atoms with Crippen LogP contribution in [0.5, 0.6) is 5.75 Å². The Hall–Kier alpha value is -2.16. The van der Waals surface area contributed by atoms with Crippen LogP contribution in [0.1, 0.15) is 19.3 Å². The highest BCUT2D eigenvalue weighted by Gasteiger charge is 2.21. The molecule has 3 aromatic rings. The molecule has 1 aliphatic heterocycles. The van der Waals surface area contributed by atoms with Crippen molar-refractivity contribution < 1.29 is 10.2 Å². The molecule has 3 heterocycles. The van der Waals surface area contributed by atoms with Crippen LogP contribution in [0.4, 0.5) is 5.13 Å². The summed E-state index contributed by atoms with van der Waals surface area (Å²) < 4.78 is 5.30. The highest BCUT2D eigenvalue weighted by molar-refractivity contribution is 7.98. The van der Waals surface area contributed by atoms with Gasteiger partial charge >= 0.3 is 0 Å². The number of thiazole rings is 1. The number of ether oxygens (including phenoxy) is 1.